The zero-order chi connectivity index (χ0) is 12.0. The lowest BCUT2D eigenvalue weighted by Crippen LogP contribution is -2.30. The molecule has 94 valence electrons. The lowest BCUT2D eigenvalue weighted by Gasteiger charge is -2.30. The van der Waals surface area contributed by atoms with Gasteiger partial charge in [-0.2, -0.15) is 0 Å². The minimum absolute atomic E-state index is 0.0664. The van der Waals surface area contributed by atoms with Crippen molar-refractivity contribution in [2.24, 2.45) is 17.6 Å². The highest BCUT2D eigenvalue weighted by atomic mass is 16.5. The number of nitrogens with two attached hydrogens (primary N) is 1. The van der Waals surface area contributed by atoms with Crippen molar-refractivity contribution >= 4 is 5.97 Å². The maximum atomic E-state index is 11.7. The molecule has 1 aliphatic rings. The van der Waals surface area contributed by atoms with E-state index < -0.39 is 0 Å². The Morgan fingerprint density at radius 2 is 2.12 bits per heavy atom. The predicted octanol–water partition coefficient (Wildman–Crippen LogP) is 2.48. The van der Waals surface area contributed by atoms with Gasteiger partial charge < -0.3 is 10.5 Å². The van der Waals surface area contributed by atoms with Gasteiger partial charge in [-0.25, -0.2) is 0 Å². The molecule has 0 amide bonds. The summed E-state index contributed by atoms with van der Waals surface area (Å²) < 4.78 is 5.57. The first kappa shape index (κ1) is 13.5. The van der Waals surface area contributed by atoms with Crippen LogP contribution >= 0.6 is 0 Å². The van der Waals surface area contributed by atoms with Crippen LogP contribution in [-0.4, -0.2) is 18.6 Å². The van der Waals surface area contributed by atoms with E-state index in [4.69, 9.17) is 10.5 Å². The topological polar surface area (TPSA) is 52.3 Å². The highest BCUT2D eigenvalue weighted by Crippen LogP contribution is 2.29. The van der Waals surface area contributed by atoms with Gasteiger partial charge in [0.25, 0.3) is 0 Å². The second-order valence-corrected chi connectivity index (χ2v) is 5.03. The summed E-state index contributed by atoms with van der Waals surface area (Å²) in [5.41, 5.74) is 5.50. The van der Waals surface area contributed by atoms with E-state index in [9.17, 15) is 4.79 Å². The van der Waals surface area contributed by atoms with Gasteiger partial charge in [-0.05, 0) is 44.1 Å². The molecule has 1 rings (SSSR count). The number of hydrogen-bond donors (Lipinski definition) is 1. The third kappa shape index (κ3) is 4.12. The number of carbonyl (C=O) groups is 1. The number of rotatable bonds is 5. The third-order valence-electron chi connectivity index (χ3n) is 3.56. The molecule has 0 heterocycles. The van der Waals surface area contributed by atoms with Crippen molar-refractivity contribution in [3.63, 3.8) is 0 Å². The molecule has 0 aromatic carbocycles. The molecule has 0 aromatic heterocycles. The predicted molar refractivity (Wildman–Crippen MR) is 65.0 cm³/mol. The number of ether oxygens (including phenoxy) is 1. The Balaban J connectivity index is 2.36. The van der Waals surface area contributed by atoms with E-state index in [0.717, 1.165) is 12.8 Å². The van der Waals surface area contributed by atoms with Crippen LogP contribution in [0.25, 0.3) is 0 Å². The number of carbonyl (C=O) groups excluding carboxylic acids is 1. The van der Waals surface area contributed by atoms with Gasteiger partial charge in [0, 0.05) is 6.42 Å². The van der Waals surface area contributed by atoms with Crippen LogP contribution in [0.4, 0.5) is 0 Å². The van der Waals surface area contributed by atoms with Gasteiger partial charge in [0.2, 0.25) is 0 Å². The molecule has 3 heteroatoms. The van der Waals surface area contributed by atoms with Crippen molar-refractivity contribution in [1.82, 2.24) is 0 Å². The Morgan fingerprint density at radius 1 is 1.44 bits per heavy atom. The van der Waals surface area contributed by atoms with E-state index in [2.05, 4.69) is 6.92 Å². The second kappa shape index (κ2) is 6.89. The van der Waals surface area contributed by atoms with Crippen LogP contribution in [0.5, 0.6) is 0 Å². The minimum atomic E-state index is -0.0664. The summed E-state index contributed by atoms with van der Waals surface area (Å²) in [6.45, 7) is 4.72. The van der Waals surface area contributed by atoms with Crippen molar-refractivity contribution in [2.75, 3.05) is 6.54 Å². The second-order valence-electron chi connectivity index (χ2n) is 5.03. The molecule has 0 aromatic rings. The van der Waals surface area contributed by atoms with Crippen LogP contribution in [-0.2, 0) is 9.53 Å². The Hall–Kier alpha value is -0.570. The van der Waals surface area contributed by atoms with Crippen LogP contribution in [0, 0.1) is 11.8 Å². The molecule has 3 atom stereocenters. The molecule has 0 bridgehead atoms. The van der Waals surface area contributed by atoms with E-state index in [1.54, 1.807) is 0 Å². The van der Waals surface area contributed by atoms with Crippen LogP contribution in [0.1, 0.15) is 52.4 Å². The van der Waals surface area contributed by atoms with Gasteiger partial charge in [-0.15, -0.1) is 0 Å². The van der Waals surface area contributed by atoms with E-state index >= 15 is 0 Å². The average Bonchev–Trinajstić information content (AvgIpc) is 2.29. The van der Waals surface area contributed by atoms with Crippen molar-refractivity contribution in [1.29, 1.82) is 0 Å². The summed E-state index contributed by atoms with van der Waals surface area (Å²) in [5.74, 6) is 0.741. The fraction of sp³-hybridized carbons (Fsp3) is 0.923. The summed E-state index contributed by atoms with van der Waals surface area (Å²) in [6, 6.07) is 0. The SMILES string of the molecule is CCC1CCCCC1OC(=O)CC(C)CN. The fourth-order valence-corrected chi connectivity index (χ4v) is 2.38. The Bertz CT molecular complexity index is 218. The molecule has 1 saturated carbocycles. The van der Waals surface area contributed by atoms with E-state index in [1.807, 2.05) is 6.92 Å². The van der Waals surface area contributed by atoms with Crippen LogP contribution in [0.15, 0.2) is 0 Å². The lowest BCUT2D eigenvalue weighted by molar-refractivity contribution is -0.154. The standard InChI is InChI=1S/C13H25NO2/c1-3-11-6-4-5-7-12(11)16-13(15)8-10(2)9-14/h10-12H,3-9,14H2,1-2H3. The first-order valence-corrected chi connectivity index (χ1v) is 6.56. The normalized spacial score (nSPS) is 27.4. The summed E-state index contributed by atoms with van der Waals surface area (Å²) in [6.07, 6.45) is 6.47. The Labute approximate surface area is 98.7 Å². The molecule has 16 heavy (non-hydrogen) atoms. The molecule has 0 radical (unpaired) electrons. The van der Waals surface area contributed by atoms with Gasteiger partial charge in [0.1, 0.15) is 6.10 Å². The molecule has 3 nitrogen and oxygen atoms in total. The van der Waals surface area contributed by atoms with Crippen molar-refractivity contribution < 1.29 is 9.53 Å². The monoisotopic (exact) mass is 227 g/mol. The zero-order valence-electron chi connectivity index (χ0n) is 10.6. The maximum absolute atomic E-state index is 11.7. The van der Waals surface area contributed by atoms with Gasteiger partial charge >= 0.3 is 5.97 Å². The van der Waals surface area contributed by atoms with E-state index in [1.165, 1.54) is 19.3 Å². The summed E-state index contributed by atoms with van der Waals surface area (Å²) in [7, 11) is 0. The molecule has 0 saturated heterocycles. The van der Waals surface area contributed by atoms with E-state index in [0.29, 0.717) is 18.9 Å². The first-order chi connectivity index (χ1) is 7.67. The summed E-state index contributed by atoms with van der Waals surface area (Å²) in [5, 5.41) is 0. The molecular formula is C13H25NO2. The van der Waals surface area contributed by atoms with Crippen LogP contribution in [0.2, 0.25) is 0 Å². The summed E-state index contributed by atoms with van der Waals surface area (Å²) >= 11 is 0. The largest absolute Gasteiger partial charge is 0.462 e. The Morgan fingerprint density at radius 3 is 2.75 bits per heavy atom. The molecule has 1 fully saturated rings. The maximum Gasteiger partial charge on any atom is 0.306 e. The van der Waals surface area contributed by atoms with E-state index in [-0.39, 0.29) is 18.0 Å². The van der Waals surface area contributed by atoms with Crippen LogP contribution in [0.3, 0.4) is 0 Å². The molecule has 2 N–H and O–H groups in total. The number of hydrogen-bond acceptors (Lipinski definition) is 3. The smallest absolute Gasteiger partial charge is 0.306 e. The van der Waals surface area contributed by atoms with Gasteiger partial charge in [0.15, 0.2) is 0 Å². The Kier molecular flexibility index (Phi) is 5.81. The summed E-state index contributed by atoms with van der Waals surface area (Å²) in [4.78, 5) is 11.7. The van der Waals surface area contributed by atoms with Crippen LogP contribution < -0.4 is 5.73 Å². The molecular weight excluding hydrogens is 202 g/mol. The lowest BCUT2D eigenvalue weighted by atomic mass is 9.85. The van der Waals surface area contributed by atoms with Gasteiger partial charge in [0.05, 0.1) is 0 Å². The highest BCUT2D eigenvalue weighted by Gasteiger charge is 2.27. The number of esters is 1. The molecule has 0 aliphatic heterocycles. The average molecular weight is 227 g/mol. The molecule has 0 spiro atoms. The van der Waals surface area contributed by atoms with Gasteiger partial charge in [-0.1, -0.05) is 20.3 Å². The fourth-order valence-electron chi connectivity index (χ4n) is 2.38. The zero-order valence-corrected chi connectivity index (χ0v) is 10.6. The quantitative estimate of drug-likeness (QED) is 0.734. The highest BCUT2D eigenvalue weighted by molar-refractivity contribution is 5.69. The van der Waals surface area contributed by atoms with Crippen molar-refractivity contribution in [3.05, 3.63) is 0 Å². The van der Waals surface area contributed by atoms with Crippen molar-refractivity contribution in [2.45, 2.75) is 58.5 Å². The minimum Gasteiger partial charge on any atom is -0.462 e. The third-order valence-corrected chi connectivity index (χ3v) is 3.56. The molecule has 3 unspecified atom stereocenters. The van der Waals surface area contributed by atoms with Gasteiger partial charge in [-0.3, -0.25) is 4.79 Å². The molecule has 1 aliphatic carbocycles. The first-order valence-electron chi connectivity index (χ1n) is 6.56. The van der Waals surface area contributed by atoms with Crippen molar-refractivity contribution in [3.8, 4) is 0 Å².